The molecule has 3 fully saturated rings. The van der Waals surface area contributed by atoms with Crippen molar-refractivity contribution in [2.24, 2.45) is 11.8 Å². The number of hydrogen-bond donors (Lipinski definition) is 1. The van der Waals surface area contributed by atoms with E-state index in [1.54, 1.807) is 0 Å². The molecule has 18 heavy (non-hydrogen) atoms. The number of hydrogen-bond acceptors (Lipinski definition) is 2. The minimum Gasteiger partial charge on any atom is -0.338 e. The van der Waals surface area contributed by atoms with E-state index in [9.17, 15) is 4.79 Å². The molecule has 0 aromatic rings. The molecule has 102 valence electrons. The monoisotopic (exact) mass is 250 g/mol. The van der Waals surface area contributed by atoms with Crippen molar-refractivity contribution in [3.63, 3.8) is 0 Å². The number of nitrogens with one attached hydrogen (secondary N) is 1. The molecule has 3 nitrogen and oxygen atoms in total. The van der Waals surface area contributed by atoms with Gasteiger partial charge in [0.15, 0.2) is 0 Å². The molecule has 0 aromatic heterocycles. The Morgan fingerprint density at radius 2 is 2.17 bits per heavy atom. The SMILES string of the molecule is CCCNC1CCCN(C2CC3CCC2C3)C1=O. The lowest BCUT2D eigenvalue weighted by atomic mass is 9.91. The third kappa shape index (κ3) is 2.18. The number of rotatable bonds is 4. The summed E-state index contributed by atoms with van der Waals surface area (Å²) in [6.45, 7) is 4.14. The third-order valence-corrected chi connectivity index (χ3v) is 5.21. The quantitative estimate of drug-likeness (QED) is 0.829. The van der Waals surface area contributed by atoms with Crippen molar-refractivity contribution >= 4 is 5.91 Å². The molecule has 4 unspecified atom stereocenters. The van der Waals surface area contributed by atoms with E-state index >= 15 is 0 Å². The zero-order valence-electron chi connectivity index (χ0n) is 11.5. The number of likely N-dealkylation sites (tertiary alicyclic amines) is 1. The highest BCUT2D eigenvalue weighted by molar-refractivity contribution is 5.83. The fourth-order valence-corrected chi connectivity index (χ4v) is 4.33. The molecule has 1 saturated heterocycles. The molecule has 2 bridgehead atoms. The van der Waals surface area contributed by atoms with Crippen molar-refractivity contribution in [1.29, 1.82) is 0 Å². The van der Waals surface area contributed by atoms with E-state index in [2.05, 4.69) is 17.1 Å². The van der Waals surface area contributed by atoms with Crippen molar-refractivity contribution in [2.45, 2.75) is 64.0 Å². The molecule has 2 saturated carbocycles. The molecule has 4 atom stereocenters. The highest BCUT2D eigenvalue weighted by Crippen LogP contribution is 2.47. The van der Waals surface area contributed by atoms with Crippen LogP contribution in [0, 0.1) is 11.8 Å². The second-order valence-electron chi connectivity index (χ2n) is 6.42. The van der Waals surface area contributed by atoms with Crippen LogP contribution in [0.15, 0.2) is 0 Å². The molecule has 2 aliphatic carbocycles. The van der Waals surface area contributed by atoms with Crippen LogP contribution >= 0.6 is 0 Å². The first-order valence-electron chi connectivity index (χ1n) is 7.83. The first-order valence-corrected chi connectivity index (χ1v) is 7.83. The van der Waals surface area contributed by atoms with Gasteiger partial charge in [0.2, 0.25) is 5.91 Å². The van der Waals surface area contributed by atoms with E-state index in [0.717, 1.165) is 37.8 Å². The predicted molar refractivity (Wildman–Crippen MR) is 72.3 cm³/mol. The largest absolute Gasteiger partial charge is 0.338 e. The van der Waals surface area contributed by atoms with Gasteiger partial charge in [-0.1, -0.05) is 13.3 Å². The van der Waals surface area contributed by atoms with E-state index in [-0.39, 0.29) is 6.04 Å². The maximum atomic E-state index is 12.6. The summed E-state index contributed by atoms with van der Waals surface area (Å²) in [6, 6.07) is 0.695. The number of carbonyl (C=O) groups excluding carboxylic acids is 1. The minimum absolute atomic E-state index is 0.109. The van der Waals surface area contributed by atoms with E-state index in [1.807, 2.05) is 0 Å². The molecular formula is C15H26N2O. The summed E-state index contributed by atoms with van der Waals surface area (Å²) in [7, 11) is 0. The van der Waals surface area contributed by atoms with Crippen LogP contribution < -0.4 is 5.32 Å². The molecule has 1 N–H and O–H groups in total. The highest BCUT2D eigenvalue weighted by Gasteiger charge is 2.45. The Hall–Kier alpha value is -0.570. The molecular weight excluding hydrogens is 224 g/mol. The Morgan fingerprint density at radius 3 is 2.83 bits per heavy atom. The lowest BCUT2D eigenvalue weighted by Gasteiger charge is -2.40. The summed E-state index contributed by atoms with van der Waals surface area (Å²) in [4.78, 5) is 14.8. The van der Waals surface area contributed by atoms with Crippen LogP contribution in [0.4, 0.5) is 0 Å². The van der Waals surface area contributed by atoms with E-state index in [0.29, 0.717) is 11.9 Å². The zero-order chi connectivity index (χ0) is 12.5. The van der Waals surface area contributed by atoms with Gasteiger partial charge in [-0.25, -0.2) is 0 Å². The van der Waals surface area contributed by atoms with Crippen molar-refractivity contribution < 1.29 is 4.79 Å². The highest BCUT2D eigenvalue weighted by atomic mass is 16.2. The molecule has 3 heteroatoms. The lowest BCUT2D eigenvalue weighted by molar-refractivity contribution is -0.139. The Morgan fingerprint density at radius 1 is 1.28 bits per heavy atom. The minimum atomic E-state index is 0.109. The number of carbonyl (C=O) groups is 1. The lowest BCUT2D eigenvalue weighted by Crippen LogP contribution is -2.55. The standard InChI is InChI=1S/C15H26N2O/c1-2-7-16-13-4-3-8-17(15(13)18)14-10-11-5-6-12(14)9-11/h11-14,16H,2-10H2,1H3. The van der Waals surface area contributed by atoms with Crippen molar-refractivity contribution in [3.05, 3.63) is 0 Å². The van der Waals surface area contributed by atoms with E-state index in [1.165, 1.54) is 32.1 Å². The Bertz CT molecular complexity index is 318. The summed E-state index contributed by atoms with van der Waals surface area (Å²) in [5, 5.41) is 3.43. The van der Waals surface area contributed by atoms with Crippen LogP contribution in [0.3, 0.4) is 0 Å². The first kappa shape index (κ1) is 12.5. The summed E-state index contributed by atoms with van der Waals surface area (Å²) < 4.78 is 0. The van der Waals surface area contributed by atoms with Crippen molar-refractivity contribution in [2.75, 3.05) is 13.1 Å². The molecule has 1 heterocycles. The van der Waals surface area contributed by atoms with Gasteiger partial charge < -0.3 is 10.2 Å². The van der Waals surface area contributed by atoms with Crippen LogP contribution in [0.2, 0.25) is 0 Å². The van der Waals surface area contributed by atoms with Gasteiger partial charge in [-0.2, -0.15) is 0 Å². The Labute approximate surface area is 110 Å². The topological polar surface area (TPSA) is 32.3 Å². The maximum Gasteiger partial charge on any atom is 0.239 e. The van der Waals surface area contributed by atoms with Gasteiger partial charge in [0, 0.05) is 12.6 Å². The van der Waals surface area contributed by atoms with E-state index < -0.39 is 0 Å². The number of piperidine rings is 1. The fraction of sp³-hybridized carbons (Fsp3) is 0.933. The number of amides is 1. The van der Waals surface area contributed by atoms with Gasteiger partial charge in [0.25, 0.3) is 0 Å². The normalized spacial score (nSPS) is 39.6. The summed E-state index contributed by atoms with van der Waals surface area (Å²) in [5.41, 5.74) is 0. The van der Waals surface area contributed by atoms with Gasteiger partial charge in [0.1, 0.15) is 0 Å². The molecule has 0 aromatic carbocycles. The van der Waals surface area contributed by atoms with Crippen molar-refractivity contribution in [1.82, 2.24) is 10.2 Å². The van der Waals surface area contributed by atoms with E-state index in [4.69, 9.17) is 0 Å². The number of nitrogens with zero attached hydrogens (tertiary/aromatic N) is 1. The second kappa shape index (κ2) is 5.20. The second-order valence-corrected chi connectivity index (χ2v) is 6.42. The fourth-order valence-electron chi connectivity index (χ4n) is 4.33. The molecule has 3 rings (SSSR count). The molecule has 1 amide bonds. The van der Waals surface area contributed by atoms with Crippen LogP contribution in [-0.2, 0) is 4.79 Å². The third-order valence-electron chi connectivity index (χ3n) is 5.21. The smallest absolute Gasteiger partial charge is 0.239 e. The van der Waals surface area contributed by atoms with Crippen LogP contribution in [0.5, 0.6) is 0 Å². The van der Waals surface area contributed by atoms with Crippen LogP contribution in [0.1, 0.15) is 51.9 Å². The Kier molecular flexibility index (Phi) is 3.60. The number of fused-ring (bicyclic) bond motifs is 2. The molecule has 0 spiro atoms. The molecule has 1 aliphatic heterocycles. The molecule has 0 radical (unpaired) electrons. The van der Waals surface area contributed by atoms with Gasteiger partial charge in [-0.15, -0.1) is 0 Å². The zero-order valence-corrected chi connectivity index (χ0v) is 11.5. The summed E-state index contributed by atoms with van der Waals surface area (Å²) in [5.74, 6) is 2.15. The summed E-state index contributed by atoms with van der Waals surface area (Å²) in [6.07, 6.45) is 8.79. The average molecular weight is 250 g/mol. The average Bonchev–Trinajstić information content (AvgIpc) is 3.00. The van der Waals surface area contributed by atoms with Crippen LogP contribution in [-0.4, -0.2) is 36.0 Å². The first-order chi connectivity index (χ1) is 8.79. The molecule has 3 aliphatic rings. The van der Waals surface area contributed by atoms with Gasteiger partial charge in [-0.3, -0.25) is 4.79 Å². The van der Waals surface area contributed by atoms with Gasteiger partial charge in [-0.05, 0) is 56.9 Å². The predicted octanol–water partition coefficient (Wildman–Crippen LogP) is 2.17. The maximum absolute atomic E-state index is 12.6. The van der Waals surface area contributed by atoms with Crippen LogP contribution in [0.25, 0.3) is 0 Å². The Balaban J connectivity index is 1.63. The van der Waals surface area contributed by atoms with Crippen molar-refractivity contribution in [3.8, 4) is 0 Å². The van der Waals surface area contributed by atoms with Gasteiger partial charge >= 0.3 is 0 Å². The van der Waals surface area contributed by atoms with Gasteiger partial charge in [0.05, 0.1) is 6.04 Å². The summed E-state index contributed by atoms with van der Waals surface area (Å²) >= 11 is 0.